The van der Waals surface area contributed by atoms with Crippen LogP contribution in [0.3, 0.4) is 0 Å². The number of methoxy groups -OCH3 is 1. The van der Waals surface area contributed by atoms with Crippen molar-refractivity contribution in [3.8, 4) is 17.2 Å². The molecule has 1 saturated carbocycles. The highest BCUT2D eigenvalue weighted by Gasteiger charge is 2.22. The number of ketones is 1. The van der Waals surface area contributed by atoms with E-state index >= 15 is 0 Å². The van der Waals surface area contributed by atoms with E-state index in [0.29, 0.717) is 11.5 Å². The highest BCUT2D eigenvalue weighted by atomic mass is 16.5. The van der Waals surface area contributed by atoms with Gasteiger partial charge in [-0.15, -0.1) is 0 Å². The van der Waals surface area contributed by atoms with E-state index in [1.54, 1.807) is 7.11 Å². The van der Waals surface area contributed by atoms with E-state index in [1.807, 2.05) is 61.7 Å². The molecule has 0 spiro atoms. The van der Waals surface area contributed by atoms with Crippen LogP contribution in [0.15, 0.2) is 60.3 Å². The first-order valence-electron chi connectivity index (χ1n) is 8.58. The topological polar surface area (TPSA) is 47.6 Å². The summed E-state index contributed by atoms with van der Waals surface area (Å²) in [7, 11) is 1.62. The Balaban J connectivity index is 1.65. The Hall–Kier alpha value is -2.75. The molecule has 1 atom stereocenters. The van der Waals surface area contributed by atoms with Gasteiger partial charge in [0, 0.05) is 23.4 Å². The Morgan fingerprint density at radius 1 is 1.08 bits per heavy atom. The maximum absolute atomic E-state index is 12.1. The molecule has 4 nitrogen and oxygen atoms in total. The smallest absolute Gasteiger partial charge is 0.169 e. The number of allylic oxidation sites excluding steroid dienone is 1. The van der Waals surface area contributed by atoms with Gasteiger partial charge in [-0.25, -0.2) is 0 Å². The van der Waals surface area contributed by atoms with Gasteiger partial charge < -0.3 is 14.8 Å². The summed E-state index contributed by atoms with van der Waals surface area (Å²) in [6.07, 6.45) is 4.76. The minimum atomic E-state index is 0.137. The third kappa shape index (κ3) is 4.21. The SMILES string of the molecule is COc1ccccc1Oc1ccc(N/C=C2/CCC[C@@H](C)C2=O)cc1. The van der Waals surface area contributed by atoms with Gasteiger partial charge in [0.05, 0.1) is 7.11 Å². The highest BCUT2D eigenvalue weighted by molar-refractivity contribution is 5.97. The molecule has 1 fully saturated rings. The summed E-state index contributed by atoms with van der Waals surface area (Å²) in [5.74, 6) is 2.49. The first-order chi connectivity index (χ1) is 12.2. The third-order valence-corrected chi connectivity index (χ3v) is 4.41. The second kappa shape index (κ2) is 7.88. The number of hydrogen-bond acceptors (Lipinski definition) is 4. The molecule has 0 radical (unpaired) electrons. The van der Waals surface area contributed by atoms with Crippen molar-refractivity contribution in [3.05, 3.63) is 60.3 Å². The first-order valence-corrected chi connectivity index (χ1v) is 8.58. The Kier molecular flexibility index (Phi) is 5.39. The summed E-state index contributed by atoms with van der Waals surface area (Å²) in [4.78, 5) is 12.1. The second-order valence-electron chi connectivity index (χ2n) is 6.25. The van der Waals surface area contributed by atoms with Crippen LogP contribution >= 0.6 is 0 Å². The molecule has 0 bridgehead atoms. The average Bonchev–Trinajstić information content (AvgIpc) is 2.64. The summed E-state index contributed by atoms with van der Waals surface area (Å²) in [6.45, 7) is 2.00. The molecule has 1 aliphatic rings. The molecule has 1 aliphatic carbocycles. The number of para-hydroxylation sites is 2. The van der Waals surface area contributed by atoms with Gasteiger partial charge in [0.25, 0.3) is 0 Å². The Morgan fingerprint density at radius 2 is 1.80 bits per heavy atom. The lowest BCUT2D eigenvalue weighted by Crippen LogP contribution is -2.19. The molecular formula is C21H23NO3. The van der Waals surface area contributed by atoms with Crippen molar-refractivity contribution in [3.63, 3.8) is 0 Å². The molecule has 0 aromatic heterocycles. The molecule has 4 heteroatoms. The maximum atomic E-state index is 12.1. The molecule has 25 heavy (non-hydrogen) atoms. The van der Waals surface area contributed by atoms with Crippen LogP contribution < -0.4 is 14.8 Å². The fourth-order valence-electron chi connectivity index (χ4n) is 2.93. The van der Waals surface area contributed by atoms with E-state index in [-0.39, 0.29) is 11.7 Å². The van der Waals surface area contributed by atoms with Crippen LogP contribution in [-0.4, -0.2) is 12.9 Å². The number of carbonyl (C=O) groups excluding carboxylic acids is 1. The quantitative estimate of drug-likeness (QED) is 0.764. The minimum absolute atomic E-state index is 0.137. The number of carbonyl (C=O) groups is 1. The number of ether oxygens (including phenoxy) is 2. The maximum Gasteiger partial charge on any atom is 0.169 e. The number of hydrogen-bond donors (Lipinski definition) is 1. The Morgan fingerprint density at radius 3 is 2.52 bits per heavy atom. The third-order valence-electron chi connectivity index (χ3n) is 4.41. The van der Waals surface area contributed by atoms with E-state index in [4.69, 9.17) is 9.47 Å². The van der Waals surface area contributed by atoms with Crippen LogP contribution in [0.25, 0.3) is 0 Å². The van der Waals surface area contributed by atoms with Crippen molar-refractivity contribution in [1.29, 1.82) is 0 Å². The van der Waals surface area contributed by atoms with Gasteiger partial charge in [-0.2, -0.15) is 0 Å². The predicted octanol–water partition coefficient (Wildman–Crippen LogP) is 5.17. The first kappa shape index (κ1) is 17.1. The minimum Gasteiger partial charge on any atom is -0.493 e. The molecule has 0 amide bonds. The lowest BCUT2D eigenvalue weighted by molar-refractivity contribution is -0.119. The van der Waals surface area contributed by atoms with Crippen molar-refractivity contribution in [2.75, 3.05) is 12.4 Å². The van der Waals surface area contributed by atoms with Gasteiger partial charge in [-0.3, -0.25) is 4.79 Å². The summed E-state index contributed by atoms with van der Waals surface area (Å²) in [5, 5.41) is 3.22. The average molecular weight is 337 g/mol. The van der Waals surface area contributed by atoms with Crippen molar-refractivity contribution < 1.29 is 14.3 Å². The zero-order chi connectivity index (χ0) is 17.6. The van der Waals surface area contributed by atoms with Gasteiger partial charge in [-0.05, 0) is 55.7 Å². The fourth-order valence-corrected chi connectivity index (χ4v) is 2.93. The lowest BCUT2D eigenvalue weighted by Gasteiger charge is -2.19. The predicted molar refractivity (Wildman–Crippen MR) is 99.2 cm³/mol. The van der Waals surface area contributed by atoms with Crippen molar-refractivity contribution >= 4 is 11.5 Å². The largest absolute Gasteiger partial charge is 0.493 e. The molecular weight excluding hydrogens is 314 g/mol. The number of rotatable bonds is 5. The van der Waals surface area contributed by atoms with Crippen molar-refractivity contribution in [1.82, 2.24) is 0 Å². The van der Waals surface area contributed by atoms with E-state index in [0.717, 1.165) is 36.3 Å². The van der Waals surface area contributed by atoms with Gasteiger partial charge in [0.2, 0.25) is 0 Å². The zero-order valence-electron chi connectivity index (χ0n) is 14.6. The molecule has 0 saturated heterocycles. The van der Waals surface area contributed by atoms with Crippen LogP contribution in [0, 0.1) is 5.92 Å². The van der Waals surface area contributed by atoms with Gasteiger partial charge in [0.1, 0.15) is 5.75 Å². The normalized spacial score (nSPS) is 18.9. The molecule has 2 aromatic rings. The number of benzene rings is 2. The molecule has 130 valence electrons. The molecule has 0 unspecified atom stereocenters. The van der Waals surface area contributed by atoms with Crippen molar-refractivity contribution in [2.45, 2.75) is 26.2 Å². The summed E-state index contributed by atoms with van der Waals surface area (Å²) < 4.78 is 11.1. The molecule has 1 N–H and O–H groups in total. The van der Waals surface area contributed by atoms with E-state index < -0.39 is 0 Å². The lowest BCUT2D eigenvalue weighted by atomic mass is 9.86. The molecule has 2 aromatic carbocycles. The van der Waals surface area contributed by atoms with Crippen molar-refractivity contribution in [2.24, 2.45) is 5.92 Å². The number of anilines is 1. The highest BCUT2D eigenvalue weighted by Crippen LogP contribution is 2.31. The Labute approximate surface area is 148 Å². The van der Waals surface area contributed by atoms with E-state index in [9.17, 15) is 4.79 Å². The van der Waals surface area contributed by atoms with Crippen LogP contribution in [-0.2, 0) is 4.79 Å². The standard InChI is InChI=1S/C21H23NO3/c1-15-6-5-7-16(21(15)23)14-22-17-10-12-18(13-11-17)25-20-9-4-3-8-19(20)24-2/h3-4,8-15,22H,5-7H2,1-2H3/b16-14-/t15-/m1/s1. The summed E-state index contributed by atoms with van der Waals surface area (Å²) in [6, 6.07) is 15.2. The van der Waals surface area contributed by atoms with Gasteiger partial charge >= 0.3 is 0 Å². The number of nitrogens with one attached hydrogen (secondary N) is 1. The molecule has 0 heterocycles. The summed E-state index contributed by atoms with van der Waals surface area (Å²) in [5.41, 5.74) is 1.80. The van der Waals surface area contributed by atoms with Gasteiger partial charge in [-0.1, -0.05) is 19.1 Å². The van der Waals surface area contributed by atoms with Crippen LogP contribution in [0.4, 0.5) is 5.69 Å². The number of Topliss-reactive ketones (excluding diaryl/α,β-unsaturated/α-hetero) is 1. The summed E-state index contributed by atoms with van der Waals surface area (Å²) >= 11 is 0. The molecule has 0 aliphatic heterocycles. The molecule has 3 rings (SSSR count). The van der Waals surface area contributed by atoms with E-state index in [2.05, 4.69) is 5.32 Å². The van der Waals surface area contributed by atoms with Crippen LogP contribution in [0.1, 0.15) is 26.2 Å². The van der Waals surface area contributed by atoms with Crippen LogP contribution in [0.5, 0.6) is 17.2 Å². The fraction of sp³-hybridized carbons (Fsp3) is 0.286. The second-order valence-corrected chi connectivity index (χ2v) is 6.25. The Bertz CT molecular complexity index is 765. The zero-order valence-corrected chi connectivity index (χ0v) is 14.6. The monoisotopic (exact) mass is 337 g/mol. The van der Waals surface area contributed by atoms with Gasteiger partial charge in [0.15, 0.2) is 17.3 Å². The van der Waals surface area contributed by atoms with E-state index in [1.165, 1.54) is 0 Å². The van der Waals surface area contributed by atoms with Crippen LogP contribution in [0.2, 0.25) is 0 Å².